The maximum atomic E-state index is 11.4. The smallest absolute Gasteiger partial charge is 0.317 e. The molecule has 0 bridgehead atoms. The number of carboxylic acid groups (broad SMARTS) is 1. The van der Waals surface area contributed by atoms with Gasteiger partial charge in [0.05, 0.1) is 18.1 Å². The Hall–Kier alpha value is -0.660. The molecular formula is C10H18N2O4S. The molecule has 0 aromatic rings. The number of sulfone groups is 1. The van der Waals surface area contributed by atoms with Gasteiger partial charge in [-0.3, -0.25) is 9.69 Å². The topological polar surface area (TPSA) is 86.7 Å². The Balaban J connectivity index is 1.80. The van der Waals surface area contributed by atoms with Crippen LogP contribution < -0.4 is 5.32 Å². The fourth-order valence-electron chi connectivity index (χ4n) is 2.58. The number of hydrogen-bond donors (Lipinski definition) is 2. The van der Waals surface area contributed by atoms with Crippen LogP contribution in [0.1, 0.15) is 12.8 Å². The van der Waals surface area contributed by atoms with Crippen LogP contribution in [-0.4, -0.2) is 67.6 Å². The number of rotatable bonds is 4. The molecule has 2 aliphatic rings. The third kappa shape index (κ3) is 3.40. The van der Waals surface area contributed by atoms with Crippen LogP contribution >= 0.6 is 0 Å². The van der Waals surface area contributed by atoms with Gasteiger partial charge in [0.2, 0.25) is 0 Å². The van der Waals surface area contributed by atoms with Gasteiger partial charge in [-0.05, 0) is 12.8 Å². The van der Waals surface area contributed by atoms with Crippen molar-refractivity contribution in [3.8, 4) is 0 Å². The van der Waals surface area contributed by atoms with Crippen molar-refractivity contribution in [3.05, 3.63) is 0 Å². The molecule has 2 aliphatic heterocycles. The van der Waals surface area contributed by atoms with E-state index in [0.717, 1.165) is 19.5 Å². The van der Waals surface area contributed by atoms with Gasteiger partial charge in [0.1, 0.15) is 0 Å². The molecule has 2 unspecified atom stereocenters. The van der Waals surface area contributed by atoms with Gasteiger partial charge in [0, 0.05) is 25.2 Å². The molecule has 2 fully saturated rings. The summed E-state index contributed by atoms with van der Waals surface area (Å²) in [5.41, 5.74) is 0. The quantitative estimate of drug-likeness (QED) is 0.670. The minimum Gasteiger partial charge on any atom is -0.480 e. The van der Waals surface area contributed by atoms with Crippen molar-refractivity contribution < 1.29 is 18.3 Å². The van der Waals surface area contributed by atoms with Gasteiger partial charge in [-0.15, -0.1) is 0 Å². The van der Waals surface area contributed by atoms with Crippen molar-refractivity contribution in [2.75, 3.05) is 31.1 Å². The summed E-state index contributed by atoms with van der Waals surface area (Å²) < 4.78 is 22.7. The first-order valence-electron chi connectivity index (χ1n) is 5.86. The Labute approximate surface area is 101 Å². The maximum absolute atomic E-state index is 11.4. The van der Waals surface area contributed by atoms with E-state index in [2.05, 4.69) is 10.2 Å². The number of aliphatic carboxylic acids is 1. The van der Waals surface area contributed by atoms with Crippen LogP contribution in [0, 0.1) is 0 Å². The molecule has 0 saturated carbocycles. The predicted octanol–water partition coefficient (Wildman–Crippen LogP) is -1.08. The summed E-state index contributed by atoms with van der Waals surface area (Å²) in [6.07, 6.45) is 1.61. The second-order valence-corrected chi connectivity index (χ2v) is 7.04. The Morgan fingerprint density at radius 2 is 2.18 bits per heavy atom. The molecule has 2 heterocycles. The van der Waals surface area contributed by atoms with Crippen LogP contribution in [-0.2, 0) is 14.6 Å². The molecule has 2 atom stereocenters. The first-order valence-corrected chi connectivity index (χ1v) is 7.68. The van der Waals surface area contributed by atoms with Gasteiger partial charge in [0.15, 0.2) is 9.84 Å². The zero-order valence-corrected chi connectivity index (χ0v) is 10.4. The Morgan fingerprint density at radius 3 is 2.76 bits per heavy atom. The molecular weight excluding hydrogens is 244 g/mol. The lowest BCUT2D eigenvalue weighted by Gasteiger charge is -2.22. The van der Waals surface area contributed by atoms with Crippen molar-refractivity contribution in [1.29, 1.82) is 0 Å². The molecule has 0 spiro atoms. The molecule has 0 aromatic heterocycles. The lowest BCUT2D eigenvalue weighted by Crippen LogP contribution is -2.39. The second-order valence-electron chi connectivity index (χ2n) is 4.81. The fraction of sp³-hybridized carbons (Fsp3) is 0.900. The van der Waals surface area contributed by atoms with Crippen LogP contribution in [0.15, 0.2) is 0 Å². The second kappa shape index (κ2) is 4.91. The van der Waals surface area contributed by atoms with E-state index < -0.39 is 15.8 Å². The van der Waals surface area contributed by atoms with E-state index in [1.54, 1.807) is 0 Å². The molecule has 6 nitrogen and oxygen atoms in total. The standard InChI is InChI=1S/C10H18N2O4S/c13-10(14)5-11-8-1-3-12(6-8)9-2-4-17(15,16)7-9/h8-9,11H,1-7H2,(H,13,14). The van der Waals surface area contributed by atoms with Crippen molar-refractivity contribution in [2.24, 2.45) is 0 Å². The minimum absolute atomic E-state index is 0.0263. The van der Waals surface area contributed by atoms with Crippen molar-refractivity contribution in [2.45, 2.75) is 24.9 Å². The van der Waals surface area contributed by atoms with E-state index in [4.69, 9.17) is 5.11 Å². The summed E-state index contributed by atoms with van der Waals surface area (Å²) in [5, 5.41) is 11.5. The van der Waals surface area contributed by atoms with Crippen molar-refractivity contribution >= 4 is 15.8 Å². The molecule has 0 aliphatic carbocycles. The summed E-state index contributed by atoms with van der Waals surface area (Å²) in [7, 11) is -2.83. The Kier molecular flexibility index (Phi) is 3.70. The number of carbonyl (C=O) groups is 1. The molecule has 2 N–H and O–H groups in total. The van der Waals surface area contributed by atoms with E-state index in [9.17, 15) is 13.2 Å². The van der Waals surface area contributed by atoms with Crippen LogP contribution in [0.25, 0.3) is 0 Å². The number of nitrogens with zero attached hydrogens (tertiary/aromatic N) is 1. The van der Waals surface area contributed by atoms with Gasteiger partial charge in [-0.2, -0.15) is 0 Å². The minimum atomic E-state index is -2.83. The van der Waals surface area contributed by atoms with Crippen LogP contribution in [0.5, 0.6) is 0 Å². The zero-order valence-electron chi connectivity index (χ0n) is 9.63. The number of carboxylic acids is 1. The lowest BCUT2D eigenvalue weighted by atomic mass is 10.2. The number of nitrogens with one attached hydrogen (secondary N) is 1. The zero-order chi connectivity index (χ0) is 12.5. The molecule has 2 rings (SSSR count). The van der Waals surface area contributed by atoms with Gasteiger partial charge in [-0.1, -0.05) is 0 Å². The van der Waals surface area contributed by atoms with Gasteiger partial charge in [-0.25, -0.2) is 8.42 Å². The normalized spacial score (nSPS) is 32.9. The molecule has 0 amide bonds. The molecule has 98 valence electrons. The highest BCUT2D eigenvalue weighted by molar-refractivity contribution is 7.91. The van der Waals surface area contributed by atoms with Gasteiger partial charge in [0.25, 0.3) is 0 Å². The molecule has 2 saturated heterocycles. The first kappa shape index (κ1) is 12.8. The van der Waals surface area contributed by atoms with E-state index in [1.165, 1.54) is 0 Å². The fourth-order valence-corrected chi connectivity index (χ4v) is 4.34. The summed E-state index contributed by atoms with van der Waals surface area (Å²) in [6.45, 7) is 1.59. The van der Waals surface area contributed by atoms with Crippen LogP contribution in [0.4, 0.5) is 0 Å². The molecule has 7 heteroatoms. The predicted molar refractivity (Wildman–Crippen MR) is 62.7 cm³/mol. The number of likely N-dealkylation sites (tertiary alicyclic amines) is 1. The highest BCUT2D eigenvalue weighted by Crippen LogP contribution is 2.21. The Morgan fingerprint density at radius 1 is 1.41 bits per heavy atom. The van der Waals surface area contributed by atoms with Crippen molar-refractivity contribution in [1.82, 2.24) is 10.2 Å². The summed E-state index contributed by atoms with van der Waals surface area (Å²) in [5.74, 6) is -0.299. The summed E-state index contributed by atoms with van der Waals surface area (Å²) in [6, 6.07) is 0.311. The molecule has 0 radical (unpaired) electrons. The van der Waals surface area contributed by atoms with E-state index in [1.807, 2.05) is 0 Å². The average molecular weight is 262 g/mol. The van der Waals surface area contributed by atoms with Crippen LogP contribution in [0.3, 0.4) is 0 Å². The maximum Gasteiger partial charge on any atom is 0.317 e. The van der Waals surface area contributed by atoms with Gasteiger partial charge < -0.3 is 10.4 Å². The average Bonchev–Trinajstić information content (AvgIpc) is 2.81. The van der Waals surface area contributed by atoms with E-state index >= 15 is 0 Å². The lowest BCUT2D eigenvalue weighted by molar-refractivity contribution is -0.136. The molecule has 0 aromatic carbocycles. The Bertz CT molecular complexity index is 395. The number of hydrogen-bond acceptors (Lipinski definition) is 5. The van der Waals surface area contributed by atoms with Crippen LogP contribution in [0.2, 0.25) is 0 Å². The molecule has 17 heavy (non-hydrogen) atoms. The van der Waals surface area contributed by atoms with Gasteiger partial charge >= 0.3 is 5.97 Å². The first-order chi connectivity index (χ1) is 7.96. The van der Waals surface area contributed by atoms with Crippen molar-refractivity contribution in [3.63, 3.8) is 0 Å². The summed E-state index contributed by atoms with van der Waals surface area (Å²) >= 11 is 0. The SMILES string of the molecule is O=C(O)CNC1CCN(C2CCS(=O)(=O)C2)C1. The summed E-state index contributed by atoms with van der Waals surface area (Å²) in [4.78, 5) is 12.6. The largest absolute Gasteiger partial charge is 0.480 e. The third-order valence-corrected chi connectivity index (χ3v) is 5.24. The third-order valence-electron chi connectivity index (χ3n) is 3.49. The van der Waals surface area contributed by atoms with E-state index in [-0.39, 0.29) is 24.4 Å². The van der Waals surface area contributed by atoms with E-state index in [0.29, 0.717) is 12.2 Å². The highest BCUT2D eigenvalue weighted by atomic mass is 32.2. The highest BCUT2D eigenvalue weighted by Gasteiger charge is 2.35. The monoisotopic (exact) mass is 262 g/mol.